The Balaban J connectivity index is 2.45. The molecule has 8 nitrogen and oxygen atoms in total. The number of benzene rings is 2. The van der Waals surface area contributed by atoms with Gasteiger partial charge in [-0.1, -0.05) is 35.9 Å². The molecule has 2 aromatic carbocycles. The van der Waals surface area contributed by atoms with Crippen LogP contribution in [0.2, 0.25) is 5.02 Å². The van der Waals surface area contributed by atoms with E-state index in [4.69, 9.17) is 16.3 Å². The summed E-state index contributed by atoms with van der Waals surface area (Å²) in [5.74, 6) is -0.483. The standard InChI is InChI=1S/C25H34ClN3O5S/c1-17-10-8-9-11-19(17)15-28(18(2)24(31)27-25(3,4)5)23(30)16-29(35(7,32)33)20-12-13-22(34-6)21(26)14-20/h8-14,18H,15-16H2,1-7H3,(H,27,31). The molecule has 0 saturated carbocycles. The highest BCUT2D eigenvalue weighted by Gasteiger charge is 2.31. The maximum absolute atomic E-state index is 13.6. The van der Waals surface area contributed by atoms with Crippen LogP contribution in [0.15, 0.2) is 42.5 Å². The minimum atomic E-state index is -3.85. The van der Waals surface area contributed by atoms with Crippen molar-refractivity contribution >= 4 is 39.1 Å². The molecule has 1 atom stereocenters. The smallest absolute Gasteiger partial charge is 0.244 e. The molecule has 0 fully saturated rings. The summed E-state index contributed by atoms with van der Waals surface area (Å²) in [6.07, 6.45) is 1.01. The third-order valence-electron chi connectivity index (χ3n) is 5.37. The van der Waals surface area contributed by atoms with Crippen LogP contribution in [0.5, 0.6) is 5.75 Å². The highest BCUT2D eigenvalue weighted by Crippen LogP contribution is 2.30. The van der Waals surface area contributed by atoms with Crippen LogP contribution in [0.25, 0.3) is 0 Å². The summed E-state index contributed by atoms with van der Waals surface area (Å²) in [6.45, 7) is 8.75. The molecule has 10 heteroatoms. The summed E-state index contributed by atoms with van der Waals surface area (Å²) in [7, 11) is -2.40. The van der Waals surface area contributed by atoms with Crippen molar-refractivity contribution in [2.75, 3.05) is 24.2 Å². The first kappa shape index (κ1) is 28.5. The summed E-state index contributed by atoms with van der Waals surface area (Å²) in [5.41, 5.74) is 1.53. The van der Waals surface area contributed by atoms with Gasteiger partial charge in [0.25, 0.3) is 0 Å². The largest absolute Gasteiger partial charge is 0.495 e. The number of aryl methyl sites for hydroxylation is 1. The number of sulfonamides is 1. The van der Waals surface area contributed by atoms with Gasteiger partial charge in [0.1, 0.15) is 18.3 Å². The Morgan fingerprint density at radius 1 is 1.14 bits per heavy atom. The van der Waals surface area contributed by atoms with Gasteiger partial charge in [0.2, 0.25) is 21.8 Å². The average Bonchev–Trinajstić information content (AvgIpc) is 2.74. The maximum Gasteiger partial charge on any atom is 0.244 e. The van der Waals surface area contributed by atoms with Crippen LogP contribution >= 0.6 is 11.6 Å². The summed E-state index contributed by atoms with van der Waals surface area (Å²) in [5, 5.41) is 3.10. The Labute approximate surface area is 213 Å². The predicted molar refractivity (Wildman–Crippen MR) is 139 cm³/mol. The molecule has 0 heterocycles. The van der Waals surface area contributed by atoms with Crippen molar-refractivity contribution in [3.63, 3.8) is 0 Å². The van der Waals surface area contributed by atoms with Crippen molar-refractivity contribution in [1.82, 2.24) is 10.2 Å². The molecule has 1 unspecified atom stereocenters. The topological polar surface area (TPSA) is 96.0 Å². The summed E-state index contributed by atoms with van der Waals surface area (Å²) in [4.78, 5) is 28.0. The van der Waals surface area contributed by atoms with Gasteiger partial charge in [-0.25, -0.2) is 8.42 Å². The van der Waals surface area contributed by atoms with E-state index in [1.807, 2.05) is 52.0 Å². The number of carbonyl (C=O) groups excluding carboxylic acids is 2. The van der Waals surface area contributed by atoms with Gasteiger partial charge < -0.3 is 15.0 Å². The molecular weight excluding hydrogens is 490 g/mol. The number of anilines is 1. The van der Waals surface area contributed by atoms with Crippen LogP contribution in [-0.2, 0) is 26.2 Å². The lowest BCUT2D eigenvalue weighted by atomic mass is 10.1. The molecule has 35 heavy (non-hydrogen) atoms. The number of amides is 2. The number of ether oxygens (including phenoxy) is 1. The number of carbonyl (C=O) groups is 2. The zero-order valence-electron chi connectivity index (χ0n) is 21.3. The molecular formula is C25H34ClN3O5S. The van der Waals surface area contributed by atoms with Gasteiger partial charge in [-0.3, -0.25) is 13.9 Å². The fourth-order valence-electron chi connectivity index (χ4n) is 3.45. The minimum absolute atomic E-state index is 0.144. The van der Waals surface area contributed by atoms with Gasteiger partial charge >= 0.3 is 0 Å². The van der Waals surface area contributed by atoms with E-state index in [0.717, 1.165) is 21.7 Å². The summed E-state index contributed by atoms with van der Waals surface area (Å²) < 4.78 is 31.4. The average molecular weight is 524 g/mol. The Bertz CT molecular complexity index is 1180. The van der Waals surface area contributed by atoms with Gasteiger partial charge in [0.15, 0.2) is 0 Å². The number of nitrogens with one attached hydrogen (secondary N) is 1. The van der Waals surface area contributed by atoms with Gasteiger partial charge in [0, 0.05) is 12.1 Å². The van der Waals surface area contributed by atoms with E-state index in [1.54, 1.807) is 6.92 Å². The monoisotopic (exact) mass is 523 g/mol. The predicted octanol–water partition coefficient (Wildman–Crippen LogP) is 3.76. The van der Waals surface area contributed by atoms with Gasteiger partial charge in [0.05, 0.1) is 24.1 Å². The van der Waals surface area contributed by atoms with Gasteiger partial charge in [-0.15, -0.1) is 0 Å². The van der Waals surface area contributed by atoms with Crippen molar-refractivity contribution in [3.05, 3.63) is 58.6 Å². The van der Waals surface area contributed by atoms with E-state index in [0.29, 0.717) is 5.75 Å². The number of hydrogen-bond acceptors (Lipinski definition) is 5. The fourth-order valence-corrected chi connectivity index (χ4v) is 4.55. The molecule has 0 saturated heterocycles. The number of rotatable bonds is 9. The molecule has 2 rings (SSSR count). The second-order valence-electron chi connectivity index (χ2n) is 9.45. The maximum atomic E-state index is 13.6. The van der Waals surface area contributed by atoms with E-state index in [9.17, 15) is 18.0 Å². The molecule has 0 aliphatic rings. The van der Waals surface area contributed by atoms with Gasteiger partial charge in [-0.05, 0) is 63.9 Å². The lowest BCUT2D eigenvalue weighted by molar-refractivity contribution is -0.140. The fraction of sp³-hybridized carbons (Fsp3) is 0.440. The van der Waals surface area contributed by atoms with Crippen molar-refractivity contribution in [1.29, 1.82) is 0 Å². The molecule has 2 amide bonds. The second-order valence-corrected chi connectivity index (χ2v) is 11.8. The number of methoxy groups -OCH3 is 1. The highest BCUT2D eigenvalue weighted by molar-refractivity contribution is 7.92. The van der Waals surface area contributed by atoms with E-state index >= 15 is 0 Å². The van der Waals surface area contributed by atoms with Crippen molar-refractivity contribution in [3.8, 4) is 5.75 Å². The first-order valence-corrected chi connectivity index (χ1v) is 13.3. The third-order valence-corrected chi connectivity index (χ3v) is 6.81. The van der Waals surface area contributed by atoms with Crippen LogP contribution < -0.4 is 14.4 Å². The molecule has 0 aliphatic carbocycles. The number of halogens is 1. The molecule has 1 N–H and O–H groups in total. The molecule has 0 aliphatic heterocycles. The van der Waals surface area contributed by atoms with Crippen LogP contribution in [0.1, 0.15) is 38.8 Å². The summed E-state index contributed by atoms with van der Waals surface area (Å²) >= 11 is 6.21. The van der Waals surface area contributed by atoms with Gasteiger partial charge in [-0.2, -0.15) is 0 Å². The third kappa shape index (κ3) is 7.86. The lowest BCUT2D eigenvalue weighted by Crippen LogP contribution is -2.54. The molecule has 0 spiro atoms. The molecule has 0 bridgehead atoms. The first-order chi connectivity index (χ1) is 16.1. The van der Waals surface area contributed by atoms with Crippen LogP contribution in [0.4, 0.5) is 5.69 Å². The molecule has 0 aromatic heterocycles. The Morgan fingerprint density at radius 2 is 1.77 bits per heavy atom. The summed E-state index contributed by atoms with van der Waals surface area (Å²) in [6, 6.07) is 11.2. The van der Waals surface area contributed by atoms with Crippen molar-refractivity contribution in [2.45, 2.75) is 52.7 Å². The molecule has 0 radical (unpaired) electrons. The van der Waals surface area contributed by atoms with Crippen LogP contribution in [0, 0.1) is 6.92 Å². The Hall–Kier alpha value is -2.78. The quantitative estimate of drug-likeness (QED) is 0.540. The lowest BCUT2D eigenvalue weighted by Gasteiger charge is -2.33. The van der Waals surface area contributed by atoms with E-state index < -0.39 is 34.1 Å². The zero-order valence-corrected chi connectivity index (χ0v) is 22.8. The van der Waals surface area contributed by atoms with Crippen LogP contribution in [0.3, 0.4) is 0 Å². The normalized spacial score (nSPS) is 12.6. The first-order valence-electron chi connectivity index (χ1n) is 11.1. The van der Waals surface area contributed by atoms with E-state index in [-0.39, 0.29) is 23.2 Å². The number of hydrogen-bond donors (Lipinski definition) is 1. The van der Waals surface area contributed by atoms with Crippen molar-refractivity contribution < 1.29 is 22.7 Å². The van der Waals surface area contributed by atoms with Crippen LogP contribution in [-0.4, -0.2) is 56.6 Å². The SMILES string of the molecule is COc1ccc(N(CC(=O)N(Cc2ccccc2C)C(C)C(=O)NC(C)(C)C)S(C)(=O)=O)cc1Cl. The van der Waals surface area contributed by atoms with Crippen molar-refractivity contribution in [2.24, 2.45) is 0 Å². The second kappa shape index (κ2) is 11.3. The Kier molecular flexibility index (Phi) is 9.19. The molecule has 2 aromatic rings. The minimum Gasteiger partial charge on any atom is -0.495 e. The van der Waals surface area contributed by atoms with E-state index in [2.05, 4.69) is 5.32 Å². The van der Waals surface area contributed by atoms with E-state index in [1.165, 1.54) is 30.2 Å². The number of nitrogens with zero attached hydrogens (tertiary/aromatic N) is 2. The Morgan fingerprint density at radius 3 is 2.29 bits per heavy atom. The zero-order chi connectivity index (χ0) is 26.6. The highest BCUT2D eigenvalue weighted by atomic mass is 35.5. The molecule has 192 valence electrons.